The molecule has 0 radical (unpaired) electrons. The van der Waals surface area contributed by atoms with E-state index in [9.17, 15) is 14.7 Å². The van der Waals surface area contributed by atoms with Gasteiger partial charge in [-0.3, -0.25) is 9.59 Å². The number of ketones is 1. The van der Waals surface area contributed by atoms with Gasteiger partial charge in [0.25, 0.3) is 11.7 Å². The van der Waals surface area contributed by atoms with Crippen LogP contribution < -0.4 is 4.74 Å². The summed E-state index contributed by atoms with van der Waals surface area (Å²) in [5.41, 5.74) is 2.40. The number of nitrogens with zero attached hydrogens (tertiary/aromatic N) is 2. The van der Waals surface area contributed by atoms with Gasteiger partial charge in [-0.15, -0.1) is 0 Å². The van der Waals surface area contributed by atoms with E-state index in [0.717, 1.165) is 17.7 Å². The first-order valence-electron chi connectivity index (χ1n) is 9.97. The maximum Gasteiger partial charge on any atom is 0.295 e. The molecule has 0 aliphatic carbocycles. The van der Waals surface area contributed by atoms with Gasteiger partial charge in [-0.2, -0.15) is 0 Å². The van der Waals surface area contributed by atoms with Crippen molar-refractivity contribution in [2.24, 2.45) is 0 Å². The minimum atomic E-state index is -0.663. The number of carbonyl (C=O) groups excluding carboxylic acids is 2. The summed E-state index contributed by atoms with van der Waals surface area (Å²) in [6.45, 7) is 3.14. The molecular formula is C24H28N2O4. The van der Waals surface area contributed by atoms with Gasteiger partial charge in [0.05, 0.1) is 18.7 Å². The Morgan fingerprint density at radius 3 is 2.47 bits per heavy atom. The molecule has 6 nitrogen and oxygen atoms in total. The number of aliphatic hydroxyl groups is 1. The van der Waals surface area contributed by atoms with Crippen LogP contribution in [0.4, 0.5) is 0 Å². The van der Waals surface area contributed by atoms with Gasteiger partial charge in [-0.05, 0) is 51.7 Å². The van der Waals surface area contributed by atoms with Crippen LogP contribution in [0, 0.1) is 6.92 Å². The quantitative estimate of drug-likeness (QED) is 0.432. The van der Waals surface area contributed by atoms with Crippen LogP contribution in [0.5, 0.6) is 5.75 Å². The zero-order valence-electron chi connectivity index (χ0n) is 17.9. The normalized spacial score (nSPS) is 18.3. The number of hydrogen-bond acceptors (Lipinski definition) is 5. The number of methoxy groups -OCH3 is 1. The molecule has 1 atom stereocenters. The van der Waals surface area contributed by atoms with E-state index in [1.807, 2.05) is 56.3 Å². The first kappa shape index (κ1) is 21.6. The lowest BCUT2D eigenvalue weighted by Crippen LogP contribution is -2.32. The van der Waals surface area contributed by atoms with Crippen LogP contribution in [0.15, 0.2) is 54.1 Å². The van der Waals surface area contributed by atoms with Crippen LogP contribution in [0.25, 0.3) is 5.76 Å². The van der Waals surface area contributed by atoms with Gasteiger partial charge in [0.1, 0.15) is 11.5 Å². The maximum atomic E-state index is 13.0. The number of benzene rings is 2. The molecule has 1 aliphatic rings. The largest absolute Gasteiger partial charge is 0.507 e. The van der Waals surface area contributed by atoms with Gasteiger partial charge in [-0.25, -0.2) is 0 Å². The van der Waals surface area contributed by atoms with E-state index >= 15 is 0 Å². The highest BCUT2D eigenvalue weighted by Gasteiger charge is 2.45. The van der Waals surface area contributed by atoms with Crippen molar-refractivity contribution in [3.63, 3.8) is 0 Å². The Morgan fingerprint density at radius 2 is 1.83 bits per heavy atom. The fraction of sp³-hybridized carbons (Fsp3) is 0.333. The highest BCUT2D eigenvalue weighted by Crippen LogP contribution is 2.40. The number of amides is 1. The average Bonchev–Trinajstić information content (AvgIpc) is 2.98. The predicted octanol–water partition coefficient (Wildman–Crippen LogP) is 3.38. The van der Waals surface area contributed by atoms with E-state index in [0.29, 0.717) is 24.3 Å². The zero-order valence-corrected chi connectivity index (χ0v) is 17.9. The zero-order chi connectivity index (χ0) is 21.8. The SMILES string of the molecule is COc1cccc(C2C(=C(O)c3ccc(C)cc3)C(=O)C(=O)N2CCCN(C)C)c1. The molecule has 158 valence electrons. The Labute approximate surface area is 177 Å². The fourth-order valence-electron chi connectivity index (χ4n) is 3.69. The van der Waals surface area contributed by atoms with Crippen LogP contribution in [0.1, 0.15) is 29.2 Å². The molecule has 1 unspecified atom stereocenters. The molecule has 30 heavy (non-hydrogen) atoms. The van der Waals surface area contributed by atoms with Crippen LogP contribution in [0.2, 0.25) is 0 Å². The van der Waals surface area contributed by atoms with Crippen molar-refractivity contribution < 1.29 is 19.4 Å². The van der Waals surface area contributed by atoms with E-state index in [-0.39, 0.29) is 11.3 Å². The highest BCUT2D eigenvalue weighted by molar-refractivity contribution is 6.46. The number of ether oxygens (including phenoxy) is 1. The molecule has 2 aromatic rings. The van der Waals surface area contributed by atoms with Crippen molar-refractivity contribution in [1.82, 2.24) is 9.80 Å². The van der Waals surface area contributed by atoms with Crippen molar-refractivity contribution in [2.45, 2.75) is 19.4 Å². The number of Topliss-reactive ketones (excluding diaryl/α,β-unsaturated/α-hetero) is 1. The average molecular weight is 408 g/mol. The summed E-state index contributed by atoms with van der Waals surface area (Å²) in [4.78, 5) is 29.5. The summed E-state index contributed by atoms with van der Waals surface area (Å²) in [5.74, 6) is -0.779. The molecular weight excluding hydrogens is 380 g/mol. The fourth-order valence-corrected chi connectivity index (χ4v) is 3.69. The second kappa shape index (κ2) is 9.13. The van der Waals surface area contributed by atoms with E-state index in [1.54, 1.807) is 30.2 Å². The Hall–Kier alpha value is -3.12. The monoisotopic (exact) mass is 408 g/mol. The molecule has 1 heterocycles. The van der Waals surface area contributed by atoms with Crippen molar-refractivity contribution in [1.29, 1.82) is 0 Å². The third-order valence-electron chi connectivity index (χ3n) is 5.28. The standard InChI is InChI=1S/C24H28N2O4/c1-16-9-11-17(12-10-16)22(27)20-21(18-7-5-8-19(15-18)30-4)26(24(29)23(20)28)14-6-13-25(2)3/h5,7-12,15,21,27H,6,13-14H2,1-4H3. The minimum Gasteiger partial charge on any atom is -0.507 e. The van der Waals surface area contributed by atoms with Crippen molar-refractivity contribution in [2.75, 3.05) is 34.3 Å². The molecule has 1 fully saturated rings. The second-order valence-corrected chi connectivity index (χ2v) is 7.79. The van der Waals surface area contributed by atoms with Crippen molar-refractivity contribution in [3.05, 3.63) is 70.8 Å². The highest BCUT2D eigenvalue weighted by atomic mass is 16.5. The summed E-state index contributed by atoms with van der Waals surface area (Å²) >= 11 is 0. The van der Waals surface area contributed by atoms with Crippen molar-refractivity contribution in [3.8, 4) is 5.75 Å². The molecule has 0 spiro atoms. The Balaban J connectivity index is 2.10. The minimum absolute atomic E-state index is 0.113. The summed E-state index contributed by atoms with van der Waals surface area (Å²) in [6, 6.07) is 13.9. The van der Waals surface area contributed by atoms with E-state index < -0.39 is 17.7 Å². The first-order chi connectivity index (χ1) is 14.3. The van der Waals surface area contributed by atoms with E-state index in [4.69, 9.17) is 4.74 Å². The van der Waals surface area contributed by atoms with Crippen LogP contribution in [-0.4, -0.2) is 60.9 Å². The number of hydrogen-bond donors (Lipinski definition) is 1. The number of likely N-dealkylation sites (tertiary alicyclic amines) is 1. The lowest BCUT2D eigenvalue weighted by molar-refractivity contribution is -0.139. The third kappa shape index (κ3) is 4.39. The van der Waals surface area contributed by atoms with Crippen LogP contribution in [-0.2, 0) is 9.59 Å². The second-order valence-electron chi connectivity index (χ2n) is 7.79. The molecule has 1 aliphatic heterocycles. The van der Waals surface area contributed by atoms with Gasteiger partial charge in [0.15, 0.2) is 0 Å². The molecule has 3 rings (SSSR count). The third-order valence-corrected chi connectivity index (χ3v) is 5.28. The Kier molecular flexibility index (Phi) is 6.57. The van der Waals surface area contributed by atoms with Crippen molar-refractivity contribution >= 4 is 17.4 Å². The molecule has 1 amide bonds. The molecule has 0 aromatic heterocycles. The molecule has 1 N–H and O–H groups in total. The Morgan fingerprint density at radius 1 is 1.13 bits per heavy atom. The molecule has 1 saturated heterocycles. The number of aryl methyl sites for hydroxylation is 1. The van der Waals surface area contributed by atoms with Crippen LogP contribution >= 0.6 is 0 Å². The summed E-state index contributed by atoms with van der Waals surface area (Å²) in [7, 11) is 5.50. The van der Waals surface area contributed by atoms with Gasteiger partial charge in [0.2, 0.25) is 0 Å². The summed E-state index contributed by atoms with van der Waals surface area (Å²) in [5, 5.41) is 11.0. The van der Waals surface area contributed by atoms with E-state index in [2.05, 4.69) is 0 Å². The van der Waals surface area contributed by atoms with E-state index in [1.165, 1.54) is 0 Å². The number of rotatable bonds is 7. The first-order valence-corrected chi connectivity index (χ1v) is 9.97. The Bertz CT molecular complexity index is 963. The summed E-state index contributed by atoms with van der Waals surface area (Å²) < 4.78 is 5.34. The molecule has 0 bridgehead atoms. The molecule has 0 saturated carbocycles. The lowest BCUT2D eigenvalue weighted by Gasteiger charge is -2.26. The lowest BCUT2D eigenvalue weighted by atomic mass is 9.95. The molecule has 2 aromatic carbocycles. The van der Waals surface area contributed by atoms with Gasteiger partial charge >= 0.3 is 0 Å². The van der Waals surface area contributed by atoms with Gasteiger partial charge in [0, 0.05) is 12.1 Å². The topological polar surface area (TPSA) is 70.1 Å². The van der Waals surface area contributed by atoms with Gasteiger partial charge in [-0.1, -0.05) is 42.0 Å². The number of carbonyl (C=O) groups is 2. The smallest absolute Gasteiger partial charge is 0.295 e. The van der Waals surface area contributed by atoms with Crippen LogP contribution in [0.3, 0.4) is 0 Å². The number of aliphatic hydroxyl groups excluding tert-OH is 1. The summed E-state index contributed by atoms with van der Waals surface area (Å²) in [6.07, 6.45) is 0.713. The maximum absolute atomic E-state index is 13.0. The molecule has 6 heteroatoms. The van der Waals surface area contributed by atoms with Gasteiger partial charge < -0.3 is 19.6 Å². The predicted molar refractivity (Wildman–Crippen MR) is 116 cm³/mol.